The van der Waals surface area contributed by atoms with Gasteiger partial charge in [0.05, 0.1) is 24.2 Å². The normalized spacial score (nSPS) is 13.8. The first-order valence-corrected chi connectivity index (χ1v) is 8.39. The number of nitrogens with zero attached hydrogens (tertiary/aromatic N) is 1. The zero-order valence-corrected chi connectivity index (χ0v) is 14.4. The molecule has 0 spiro atoms. The molecule has 1 aliphatic rings. The molecule has 0 atom stereocenters. The molecule has 0 fully saturated rings. The van der Waals surface area contributed by atoms with E-state index < -0.39 is 0 Å². The topological polar surface area (TPSA) is 84.2 Å². The molecule has 1 aliphatic carbocycles. The Kier molecular flexibility index (Phi) is 4.66. The van der Waals surface area contributed by atoms with Gasteiger partial charge in [0.1, 0.15) is 11.5 Å². The van der Waals surface area contributed by atoms with Gasteiger partial charge in [-0.2, -0.15) is 0 Å². The maximum absolute atomic E-state index is 12.3. The number of carbonyl (C=O) groups excluding carboxylic acids is 2. The Hall–Kier alpha value is -2.21. The Morgan fingerprint density at radius 3 is 2.67 bits per heavy atom. The fourth-order valence-electron chi connectivity index (χ4n) is 3.21. The number of aromatic nitrogens is 1. The number of pyridine rings is 1. The van der Waals surface area contributed by atoms with Gasteiger partial charge in [0.2, 0.25) is 11.6 Å². The number of nitrogens with one attached hydrogen (secondary N) is 2. The highest BCUT2D eigenvalue weighted by molar-refractivity contribution is 6.03. The molecule has 1 amide bonds. The SMILES string of the molecule is CC(=O)CNCC(=O)Nc1c2c(nc3oc(C)c(C)c13)CCCC2. The summed E-state index contributed by atoms with van der Waals surface area (Å²) in [7, 11) is 0. The van der Waals surface area contributed by atoms with E-state index >= 15 is 0 Å². The first kappa shape index (κ1) is 16.6. The molecule has 0 radical (unpaired) electrons. The Morgan fingerprint density at radius 1 is 1.17 bits per heavy atom. The van der Waals surface area contributed by atoms with E-state index in [9.17, 15) is 9.59 Å². The summed E-state index contributed by atoms with van der Waals surface area (Å²) in [5, 5.41) is 6.78. The summed E-state index contributed by atoms with van der Waals surface area (Å²) in [6, 6.07) is 0. The summed E-state index contributed by atoms with van der Waals surface area (Å²) in [5.41, 5.74) is 4.58. The number of carbonyl (C=O) groups is 2. The van der Waals surface area contributed by atoms with Crippen LogP contribution in [0.5, 0.6) is 0 Å². The van der Waals surface area contributed by atoms with Gasteiger partial charge in [0.15, 0.2) is 0 Å². The van der Waals surface area contributed by atoms with Crippen LogP contribution in [-0.2, 0) is 22.4 Å². The van der Waals surface area contributed by atoms with E-state index in [0.29, 0.717) is 5.71 Å². The zero-order valence-electron chi connectivity index (χ0n) is 14.4. The van der Waals surface area contributed by atoms with E-state index in [1.165, 1.54) is 6.92 Å². The number of hydrogen-bond donors (Lipinski definition) is 2. The number of amides is 1. The van der Waals surface area contributed by atoms with E-state index in [2.05, 4.69) is 15.6 Å². The van der Waals surface area contributed by atoms with Crippen molar-refractivity contribution in [3.63, 3.8) is 0 Å². The van der Waals surface area contributed by atoms with Crippen LogP contribution in [0, 0.1) is 13.8 Å². The molecular formula is C18H23N3O3. The van der Waals surface area contributed by atoms with Crippen LogP contribution in [0.4, 0.5) is 5.69 Å². The molecule has 0 aliphatic heterocycles. The van der Waals surface area contributed by atoms with Crippen molar-refractivity contribution in [3.05, 3.63) is 22.6 Å². The van der Waals surface area contributed by atoms with Gasteiger partial charge in [0.25, 0.3) is 0 Å². The predicted octanol–water partition coefficient (Wildman–Crippen LogP) is 2.44. The highest BCUT2D eigenvalue weighted by Crippen LogP contribution is 2.37. The number of fused-ring (bicyclic) bond motifs is 2. The van der Waals surface area contributed by atoms with Gasteiger partial charge in [-0.25, -0.2) is 4.98 Å². The number of furan rings is 1. The molecule has 2 aromatic rings. The van der Waals surface area contributed by atoms with E-state index in [4.69, 9.17) is 4.42 Å². The molecule has 3 rings (SSSR count). The second-order valence-electron chi connectivity index (χ2n) is 6.44. The Labute approximate surface area is 141 Å². The third kappa shape index (κ3) is 3.19. The molecule has 6 nitrogen and oxygen atoms in total. The highest BCUT2D eigenvalue weighted by atomic mass is 16.3. The average molecular weight is 329 g/mol. The van der Waals surface area contributed by atoms with Crippen LogP contribution in [0.2, 0.25) is 0 Å². The van der Waals surface area contributed by atoms with Crippen LogP contribution in [-0.4, -0.2) is 29.8 Å². The third-order valence-corrected chi connectivity index (χ3v) is 4.52. The summed E-state index contributed by atoms with van der Waals surface area (Å²) in [6.45, 7) is 5.69. The minimum Gasteiger partial charge on any atom is -0.443 e. The lowest BCUT2D eigenvalue weighted by atomic mass is 9.93. The average Bonchev–Trinajstić information content (AvgIpc) is 2.81. The van der Waals surface area contributed by atoms with Crippen molar-refractivity contribution in [1.82, 2.24) is 10.3 Å². The standard InChI is InChI=1S/C18H23N3O3/c1-10(22)8-19-9-15(23)21-17-13-6-4-5-7-14(13)20-18-16(17)11(2)12(3)24-18/h19H,4-9H2,1-3H3,(H,20,21,23). The molecule has 0 bridgehead atoms. The van der Waals surface area contributed by atoms with Gasteiger partial charge in [-0.05, 0) is 52.0 Å². The van der Waals surface area contributed by atoms with Gasteiger partial charge in [-0.1, -0.05) is 0 Å². The maximum Gasteiger partial charge on any atom is 0.238 e. The van der Waals surface area contributed by atoms with Crippen LogP contribution >= 0.6 is 0 Å². The Morgan fingerprint density at radius 2 is 1.92 bits per heavy atom. The molecular weight excluding hydrogens is 306 g/mol. The van der Waals surface area contributed by atoms with E-state index in [1.807, 2.05) is 13.8 Å². The third-order valence-electron chi connectivity index (χ3n) is 4.52. The molecule has 24 heavy (non-hydrogen) atoms. The highest BCUT2D eigenvalue weighted by Gasteiger charge is 2.23. The fourth-order valence-corrected chi connectivity index (χ4v) is 3.21. The van der Waals surface area contributed by atoms with Gasteiger partial charge in [0, 0.05) is 11.3 Å². The minimum absolute atomic E-state index is 0.00721. The Balaban J connectivity index is 1.95. The van der Waals surface area contributed by atoms with Crippen molar-refractivity contribution in [3.8, 4) is 0 Å². The quantitative estimate of drug-likeness (QED) is 0.880. The summed E-state index contributed by atoms with van der Waals surface area (Å²) in [6.07, 6.45) is 4.03. The second-order valence-corrected chi connectivity index (χ2v) is 6.44. The molecule has 2 N–H and O–H groups in total. The number of rotatable bonds is 5. The van der Waals surface area contributed by atoms with Gasteiger partial charge >= 0.3 is 0 Å². The number of anilines is 1. The van der Waals surface area contributed by atoms with E-state index in [-0.39, 0.29) is 24.8 Å². The fraction of sp³-hybridized carbons (Fsp3) is 0.500. The lowest BCUT2D eigenvalue weighted by Gasteiger charge is -2.20. The Bertz CT molecular complexity index is 808. The van der Waals surface area contributed by atoms with Gasteiger partial charge < -0.3 is 15.1 Å². The van der Waals surface area contributed by atoms with Crippen molar-refractivity contribution in [2.45, 2.75) is 46.5 Å². The second kappa shape index (κ2) is 6.73. The predicted molar refractivity (Wildman–Crippen MR) is 92.3 cm³/mol. The lowest BCUT2D eigenvalue weighted by Crippen LogP contribution is -2.31. The van der Waals surface area contributed by atoms with Crippen molar-refractivity contribution in [2.24, 2.45) is 0 Å². The van der Waals surface area contributed by atoms with Crippen LogP contribution in [0.3, 0.4) is 0 Å². The van der Waals surface area contributed by atoms with Gasteiger partial charge in [-0.3, -0.25) is 9.59 Å². The molecule has 2 aromatic heterocycles. The largest absolute Gasteiger partial charge is 0.443 e. The van der Waals surface area contributed by atoms with Crippen LogP contribution < -0.4 is 10.6 Å². The van der Waals surface area contributed by atoms with Gasteiger partial charge in [-0.15, -0.1) is 0 Å². The van der Waals surface area contributed by atoms with Crippen molar-refractivity contribution >= 4 is 28.5 Å². The minimum atomic E-state index is -0.158. The monoisotopic (exact) mass is 329 g/mol. The zero-order chi connectivity index (χ0) is 17.3. The van der Waals surface area contributed by atoms with Crippen LogP contribution in [0.1, 0.15) is 42.3 Å². The molecule has 6 heteroatoms. The van der Waals surface area contributed by atoms with Crippen molar-refractivity contribution in [1.29, 1.82) is 0 Å². The molecule has 2 heterocycles. The maximum atomic E-state index is 12.3. The molecule has 128 valence electrons. The smallest absolute Gasteiger partial charge is 0.238 e. The van der Waals surface area contributed by atoms with Crippen LogP contribution in [0.25, 0.3) is 11.1 Å². The lowest BCUT2D eigenvalue weighted by molar-refractivity contribution is -0.116. The number of ketones is 1. The van der Waals surface area contributed by atoms with E-state index in [0.717, 1.165) is 59.3 Å². The summed E-state index contributed by atoms with van der Waals surface area (Å²) >= 11 is 0. The summed E-state index contributed by atoms with van der Waals surface area (Å²) in [5.74, 6) is 0.674. The number of aryl methyl sites for hydroxylation is 3. The summed E-state index contributed by atoms with van der Waals surface area (Å²) in [4.78, 5) is 28.0. The van der Waals surface area contributed by atoms with Crippen molar-refractivity contribution < 1.29 is 14.0 Å². The van der Waals surface area contributed by atoms with Crippen molar-refractivity contribution in [2.75, 3.05) is 18.4 Å². The van der Waals surface area contributed by atoms with E-state index in [1.54, 1.807) is 0 Å². The first-order valence-electron chi connectivity index (χ1n) is 8.39. The number of Topliss-reactive ketones (excluding diaryl/α,β-unsaturated/α-hetero) is 1. The molecule has 0 aromatic carbocycles. The molecule has 0 saturated carbocycles. The molecule has 0 unspecified atom stereocenters. The summed E-state index contributed by atoms with van der Waals surface area (Å²) < 4.78 is 5.78. The molecule has 0 saturated heterocycles. The van der Waals surface area contributed by atoms with Crippen LogP contribution in [0.15, 0.2) is 4.42 Å². The number of hydrogen-bond acceptors (Lipinski definition) is 5. The first-order chi connectivity index (χ1) is 11.5.